The average molecular weight is 213 g/mol. The van der Waals surface area contributed by atoms with Gasteiger partial charge in [0.25, 0.3) is 0 Å². The van der Waals surface area contributed by atoms with Crippen molar-refractivity contribution in [2.75, 3.05) is 13.7 Å². The van der Waals surface area contributed by atoms with Crippen LogP contribution in [0.15, 0.2) is 18.2 Å². The molecule has 1 atom stereocenters. The molecule has 0 saturated carbocycles. The number of aryl methyl sites for hydroxylation is 1. The average Bonchev–Trinajstić information content (AvgIpc) is 2.18. The second-order valence-electron chi connectivity index (χ2n) is 3.66. The van der Waals surface area contributed by atoms with Crippen LogP contribution in [0.1, 0.15) is 30.4 Å². The lowest BCUT2D eigenvalue weighted by molar-refractivity contribution is 0.189. The molecule has 78 valence electrons. The molecule has 14 heavy (non-hydrogen) atoms. The van der Waals surface area contributed by atoms with Crippen molar-refractivity contribution in [3.05, 3.63) is 34.3 Å². The fourth-order valence-corrected chi connectivity index (χ4v) is 1.81. The Bertz CT molecular complexity index is 296. The quantitative estimate of drug-likeness (QED) is 0.738. The zero-order chi connectivity index (χ0) is 10.6. The molecular weight excluding hydrogens is 196 g/mol. The van der Waals surface area contributed by atoms with E-state index in [-0.39, 0.29) is 0 Å². The summed E-state index contributed by atoms with van der Waals surface area (Å²) in [4.78, 5) is 0. The van der Waals surface area contributed by atoms with Gasteiger partial charge in [0.05, 0.1) is 0 Å². The summed E-state index contributed by atoms with van der Waals surface area (Å²) in [7, 11) is 1.73. The van der Waals surface area contributed by atoms with Crippen LogP contribution in [-0.2, 0) is 4.74 Å². The van der Waals surface area contributed by atoms with E-state index < -0.39 is 0 Å². The summed E-state index contributed by atoms with van der Waals surface area (Å²) in [6, 6.07) is 6.18. The fourth-order valence-electron chi connectivity index (χ4n) is 1.50. The van der Waals surface area contributed by atoms with Gasteiger partial charge < -0.3 is 4.74 Å². The van der Waals surface area contributed by atoms with E-state index in [1.165, 1.54) is 5.56 Å². The Morgan fingerprint density at radius 2 is 2.14 bits per heavy atom. The first-order valence-electron chi connectivity index (χ1n) is 4.90. The minimum Gasteiger partial charge on any atom is -0.385 e. The van der Waals surface area contributed by atoms with Gasteiger partial charge in [-0.2, -0.15) is 0 Å². The summed E-state index contributed by atoms with van der Waals surface area (Å²) in [5.74, 6) is 0.461. The van der Waals surface area contributed by atoms with Gasteiger partial charge in [-0.25, -0.2) is 0 Å². The van der Waals surface area contributed by atoms with Gasteiger partial charge in [-0.3, -0.25) is 0 Å². The summed E-state index contributed by atoms with van der Waals surface area (Å²) in [6.45, 7) is 5.00. The van der Waals surface area contributed by atoms with Crippen molar-refractivity contribution in [2.24, 2.45) is 0 Å². The third-order valence-corrected chi connectivity index (χ3v) is 3.02. The predicted octanol–water partition coefficient (Wildman–Crippen LogP) is 3.79. The van der Waals surface area contributed by atoms with E-state index in [9.17, 15) is 0 Å². The number of ether oxygens (including phenoxy) is 1. The molecule has 0 spiro atoms. The van der Waals surface area contributed by atoms with E-state index >= 15 is 0 Å². The molecule has 1 aromatic rings. The summed E-state index contributed by atoms with van der Waals surface area (Å²) in [6.07, 6.45) is 1.01. The number of rotatable bonds is 4. The first-order valence-corrected chi connectivity index (χ1v) is 5.28. The van der Waals surface area contributed by atoms with Crippen LogP contribution in [0.5, 0.6) is 0 Å². The molecule has 1 unspecified atom stereocenters. The highest BCUT2D eigenvalue weighted by Crippen LogP contribution is 2.28. The highest BCUT2D eigenvalue weighted by Gasteiger charge is 2.10. The van der Waals surface area contributed by atoms with Gasteiger partial charge in [0.2, 0.25) is 0 Å². The fraction of sp³-hybridized carbons (Fsp3) is 0.500. The van der Waals surface area contributed by atoms with Gasteiger partial charge in [-0.1, -0.05) is 36.7 Å². The van der Waals surface area contributed by atoms with Gasteiger partial charge in [0.15, 0.2) is 0 Å². The molecule has 1 nitrogen and oxygen atoms in total. The summed E-state index contributed by atoms with van der Waals surface area (Å²) < 4.78 is 5.06. The van der Waals surface area contributed by atoms with E-state index in [0.29, 0.717) is 5.92 Å². The second kappa shape index (κ2) is 5.38. The molecular formula is C12H17ClO. The maximum Gasteiger partial charge on any atom is 0.0469 e. The Morgan fingerprint density at radius 3 is 2.79 bits per heavy atom. The Balaban J connectivity index is 2.79. The van der Waals surface area contributed by atoms with E-state index in [2.05, 4.69) is 19.1 Å². The lowest BCUT2D eigenvalue weighted by atomic mass is 9.96. The predicted molar refractivity (Wildman–Crippen MR) is 61.1 cm³/mol. The molecule has 0 N–H and O–H groups in total. The SMILES string of the molecule is COCCC(C)c1cccc(C)c1Cl. The van der Waals surface area contributed by atoms with E-state index in [1.54, 1.807) is 7.11 Å². The lowest BCUT2D eigenvalue weighted by Crippen LogP contribution is -2.00. The van der Waals surface area contributed by atoms with Crippen molar-refractivity contribution in [3.8, 4) is 0 Å². The van der Waals surface area contributed by atoms with Gasteiger partial charge in [-0.05, 0) is 30.4 Å². The van der Waals surface area contributed by atoms with Crippen LogP contribution in [0.3, 0.4) is 0 Å². The highest BCUT2D eigenvalue weighted by molar-refractivity contribution is 6.32. The van der Waals surface area contributed by atoms with Crippen LogP contribution in [-0.4, -0.2) is 13.7 Å². The molecule has 0 heterocycles. The van der Waals surface area contributed by atoms with Gasteiger partial charge in [0, 0.05) is 18.7 Å². The van der Waals surface area contributed by atoms with Crippen LogP contribution < -0.4 is 0 Å². The third kappa shape index (κ3) is 2.73. The molecule has 0 radical (unpaired) electrons. The van der Waals surface area contributed by atoms with Crippen molar-refractivity contribution in [3.63, 3.8) is 0 Å². The van der Waals surface area contributed by atoms with Crippen LogP contribution >= 0.6 is 11.6 Å². The number of halogens is 1. The van der Waals surface area contributed by atoms with Crippen LogP contribution in [0.2, 0.25) is 5.02 Å². The molecule has 0 aliphatic carbocycles. The summed E-state index contributed by atoms with van der Waals surface area (Å²) in [5.41, 5.74) is 2.37. The number of hydrogen-bond donors (Lipinski definition) is 0. The maximum absolute atomic E-state index is 6.23. The van der Waals surface area contributed by atoms with Crippen LogP contribution in [0.25, 0.3) is 0 Å². The number of methoxy groups -OCH3 is 1. The summed E-state index contributed by atoms with van der Waals surface area (Å²) in [5, 5.41) is 0.899. The first kappa shape index (κ1) is 11.5. The van der Waals surface area contributed by atoms with E-state index in [0.717, 1.165) is 23.6 Å². The lowest BCUT2D eigenvalue weighted by Gasteiger charge is -2.14. The maximum atomic E-state index is 6.23. The molecule has 1 rings (SSSR count). The first-order chi connectivity index (χ1) is 6.66. The van der Waals surface area contributed by atoms with Crippen molar-refractivity contribution in [1.29, 1.82) is 0 Å². The second-order valence-corrected chi connectivity index (χ2v) is 4.04. The van der Waals surface area contributed by atoms with Crippen molar-refractivity contribution < 1.29 is 4.74 Å². The van der Waals surface area contributed by atoms with Crippen LogP contribution in [0, 0.1) is 6.92 Å². The molecule has 0 bridgehead atoms. The monoisotopic (exact) mass is 212 g/mol. The molecule has 0 saturated heterocycles. The zero-order valence-corrected chi connectivity index (χ0v) is 9.77. The molecule has 2 heteroatoms. The zero-order valence-electron chi connectivity index (χ0n) is 9.01. The van der Waals surface area contributed by atoms with Crippen molar-refractivity contribution in [1.82, 2.24) is 0 Å². The smallest absolute Gasteiger partial charge is 0.0469 e. The Morgan fingerprint density at radius 1 is 1.43 bits per heavy atom. The normalized spacial score (nSPS) is 12.9. The van der Waals surface area contributed by atoms with Crippen molar-refractivity contribution in [2.45, 2.75) is 26.2 Å². The minimum atomic E-state index is 0.461. The van der Waals surface area contributed by atoms with Gasteiger partial charge >= 0.3 is 0 Å². The van der Waals surface area contributed by atoms with Crippen LogP contribution in [0.4, 0.5) is 0 Å². The molecule has 0 aliphatic heterocycles. The third-order valence-electron chi connectivity index (χ3n) is 2.51. The van der Waals surface area contributed by atoms with Gasteiger partial charge in [0.1, 0.15) is 0 Å². The Hall–Kier alpha value is -0.530. The molecule has 0 aromatic heterocycles. The summed E-state index contributed by atoms with van der Waals surface area (Å²) >= 11 is 6.23. The standard InChI is InChI=1S/C12H17ClO/c1-9(7-8-14-3)11-6-4-5-10(2)12(11)13/h4-6,9H,7-8H2,1-3H3. The molecule has 0 aliphatic rings. The number of hydrogen-bond acceptors (Lipinski definition) is 1. The van der Waals surface area contributed by atoms with E-state index in [1.807, 2.05) is 13.0 Å². The Labute approximate surface area is 91.0 Å². The number of benzene rings is 1. The molecule has 1 aromatic carbocycles. The largest absolute Gasteiger partial charge is 0.385 e. The molecule has 0 fully saturated rings. The van der Waals surface area contributed by atoms with E-state index in [4.69, 9.17) is 16.3 Å². The highest BCUT2D eigenvalue weighted by atomic mass is 35.5. The topological polar surface area (TPSA) is 9.23 Å². The van der Waals surface area contributed by atoms with Gasteiger partial charge in [-0.15, -0.1) is 0 Å². The van der Waals surface area contributed by atoms with Crippen molar-refractivity contribution >= 4 is 11.6 Å². The minimum absolute atomic E-state index is 0.461. The Kier molecular flexibility index (Phi) is 4.43. The molecule has 0 amide bonds.